The molecule has 1 unspecified atom stereocenters. The van der Waals surface area contributed by atoms with Crippen LogP contribution in [0.2, 0.25) is 0 Å². The van der Waals surface area contributed by atoms with E-state index in [-0.39, 0.29) is 11.3 Å². The van der Waals surface area contributed by atoms with Crippen LogP contribution in [0.25, 0.3) is 0 Å². The van der Waals surface area contributed by atoms with Crippen molar-refractivity contribution in [1.29, 1.82) is 0 Å². The number of amides is 1. The van der Waals surface area contributed by atoms with Gasteiger partial charge in [0.1, 0.15) is 16.8 Å². The number of benzene rings is 1. The van der Waals surface area contributed by atoms with E-state index in [1.54, 1.807) is 24.3 Å². The van der Waals surface area contributed by atoms with E-state index in [1.165, 1.54) is 14.0 Å². The molecule has 0 fully saturated rings. The first-order valence-electron chi connectivity index (χ1n) is 8.03. The Balaban J connectivity index is 2.12. The number of ether oxygens (including phenoxy) is 1. The summed E-state index contributed by atoms with van der Waals surface area (Å²) in [5, 5.41) is 5.08. The quantitative estimate of drug-likeness (QED) is 0.817. The largest absolute Gasteiger partial charge is 0.495 e. The summed E-state index contributed by atoms with van der Waals surface area (Å²) in [6, 6.07) is 6.76. The Morgan fingerprint density at radius 1 is 1.31 bits per heavy atom. The van der Waals surface area contributed by atoms with E-state index in [0.717, 1.165) is 0 Å². The topological polar surface area (TPSA) is 111 Å². The molecule has 0 saturated heterocycles. The van der Waals surface area contributed by atoms with Crippen LogP contribution >= 0.6 is 0 Å². The third kappa shape index (κ3) is 4.60. The zero-order valence-corrected chi connectivity index (χ0v) is 16.3. The van der Waals surface area contributed by atoms with Crippen LogP contribution in [-0.2, 0) is 25.8 Å². The molecule has 1 amide bonds. The third-order valence-electron chi connectivity index (χ3n) is 3.74. The van der Waals surface area contributed by atoms with Crippen molar-refractivity contribution in [3.05, 3.63) is 36.0 Å². The first kappa shape index (κ1) is 19.9. The van der Waals surface area contributed by atoms with Gasteiger partial charge in [0, 0.05) is 5.41 Å². The smallest absolute Gasteiger partial charge is 0.242 e. The molecule has 0 saturated carbocycles. The number of nitrogens with zero attached hydrogens (tertiary/aromatic N) is 2. The Hall–Kier alpha value is -2.42. The van der Waals surface area contributed by atoms with E-state index in [9.17, 15) is 13.2 Å². The fourth-order valence-corrected chi connectivity index (χ4v) is 3.16. The van der Waals surface area contributed by atoms with Crippen LogP contribution in [0.1, 0.15) is 39.4 Å². The maximum Gasteiger partial charge on any atom is 0.242 e. The van der Waals surface area contributed by atoms with E-state index in [0.29, 0.717) is 17.3 Å². The highest BCUT2D eigenvalue weighted by Gasteiger charge is 2.31. The van der Waals surface area contributed by atoms with Gasteiger partial charge in [-0.05, 0) is 19.1 Å². The van der Waals surface area contributed by atoms with Gasteiger partial charge in [-0.3, -0.25) is 4.79 Å². The minimum Gasteiger partial charge on any atom is -0.495 e. The number of para-hydroxylation sites is 2. The SMILES string of the molecule is COc1ccccc1NC(=O)C(C)S(=O)(=O)Cc1nc(C(C)(C)C)no1. The normalized spacial score (nSPS) is 13.3. The van der Waals surface area contributed by atoms with Crippen LogP contribution in [0, 0.1) is 0 Å². The first-order valence-corrected chi connectivity index (χ1v) is 9.74. The summed E-state index contributed by atoms with van der Waals surface area (Å²) in [5.41, 5.74) is 0.0353. The van der Waals surface area contributed by atoms with Crippen molar-refractivity contribution in [3.8, 4) is 5.75 Å². The molecule has 142 valence electrons. The molecule has 0 spiro atoms. The molecule has 9 heteroatoms. The van der Waals surface area contributed by atoms with Gasteiger partial charge in [0.15, 0.2) is 15.7 Å². The second kappa shape index (κ2) is 7.45. The van der Waals surface area contributed by atoms with Crippen LogP contribution < -0.4 is 10.1 Å². The van der Waals surface area contributed by atoms with Crippen LogP contribution in [0.5, 0.6) is 5.75 Å². The van der Waals surface area contributed by atoms with Crippen molar-refractivity contribution in [2.75, 3.05) is 12.4 Å². The van der Waals surface area contributed by atoms with Gasteiger partial charge < -0.3 is 14.6 Å². The molecule has 0 aliphatic heterocycles. The lowest BCUT2D eigenvalue weighted by atomic mass is 9.96. The molecule has 1 atom stereocenters. The summed E-state index contributed by atoms with van der Waals surface area (Å²) in [6.45, 7) is 6.99. The Labute approximate surface area is 152 Å². The molecule has 1 N–H and O–H groups in total. The monoisotopic (exact) mass is 381 g/mol. The summed E-state index contributed by atoms with van der Waals surface area (Å²) in [4.78, 5) is 16.5. The van der Waals surface area contributed by atoms with E-state index in [1.807, 2.05) is 20.8 Å². The van der Waals surface area contributed by atoms with Gasteiger partial charge >= 0.3 is 0 Å². The minimum absolute atomic E-state index is 0.0353. The van der Waals surface area contributed by atoms with Crippen molar-refractivity contribution in [3.63, 3.8) is 0 Å². The van der Waals surface area contributed by atoms with Gasteiger partial charge in [-0.1, -0.05) is 38.1 Å². The second-order valence-corrected chi connectivity index (χ2v) is 9.22. The standard InChI is InChI=1S/C17H23N3O5S/c1-11(15(21)18-12-8-6-7-9-13(12)24-5)26(22,23)10-14-19-16(20-25-14)17(2,3)4/h6-9,11H,10H2,1-5H3,(H,18,21). The Morgan fingerprint density at radius 3 is 2.54 bits per heavy atom. The predicted octanol–water partition coefficient (Wildman–Crippen LogP) is 2.32. The van der Waals surface area contributed by atoms with Gasteiger partial charge in [-0.15, -0.1) is 0 Å². The van der Waals surface area contributed by atoms with Crippen LogP contribution in [0.4, 0.5) is 5.69 Å². The number of hydrogen-bond donors (Lipinski definition) is 1. The maximum atomic E-state index is 12.5. The molecule has 26 heavy (non-hydrogen) atoms. The lowest BCUT2D eigenvalue weighted by molar-refractivity contribution is -0.115. The molecular weight excluding hydrogens is 358 g/mol. The van der Waals surface area contributed by atoms with E-state index >= 15 is 0 Å². The third-order valence-corrected chi connectivity index (χ3v) is 5.68. The molecule has 0 aliphatic carbocycles. The maximum absolute atomic E-state index is 12.5. The molecule has 1 heterocycles. The lowest BCUT2D eigenvalue weighted by Crippen LogP contribution is -2.33. The number of carbonyl (C=O) groups is 1. The van der Waals surface area contributed by atoms with Gasteiger partial charge in [0.2, 0.25) is 11.8 Å². The van der Waals surface area contributed by atoms with Crippen LogP contribution in [0.3, 0.4) is 0 Å². The first-order chi connectivity index (χ1) is 12.0. The van der Waals surface area contributed by atoms with Gasteiger partial charge in [0.05, 0.1) is 12.8 Å². The molecule has 2 aromatic rings. The van der Waals surface area contributed by atoms with Gasteiger partial charge in [-0.25, -0.2) is 8.42 Å². The van der Waals surface area contributed by atoms with E-state index in [2.05, 4.69) is 15.5 Å². The Bertz CT molecular complexity index is 884. The van der Waals surface area contributed by atoms with E-state index < -0.39 is 26.7 Å². The number of carbonyl (C=O) groups excluding carboxylic acids is 1. The van der Waals surface area contributed by atoms with Crippen molar-refractivity contribution in [2.45, 2.75) is 44.1 Å². The number of sulfone groups is 1. The number of rotatable bonds is 6. The Kier molecular flexibility index (Phi) is 5.70. The molecule has 2 rings (SSSR count). The van der Waals surface area contributed by atoms with Crippen molar-refractivity contribution in [1.82, 2.24) is 10.1 Å². The number of hydrogen-bond acceptors (Lipinski definition) is 7. The van der Waals surface area contributed by atoms with Crippen molar-refractivity contribution in [2.24, 2.45) is 0 Å². The average molecular weight is 381 g/mol. The molecular formula is C17H23N3O5S. The summed E-state index contributed by atoms with van der Waals surface area (Å²) in [6.07, 6.45) is 0. The predicted molar refractivity (Wildman–Crippen MR) is 96.7 cm³/mol. The summed E-state index contributed by atoms with van der Waals surface area (Å²) < 4.78 is 35.2. The highest BCUT2D eigenvalue weighted by atomic mass is 32.2. The number of aromatic nitrogens is 2. The molecule has 1 aromatic heterocycles. The number of nitrogens with one attached hydrogen (secondary N) is 1. The van der Waals surface area contributed by atoms with Crippen molar-refractivity contribution >= 4 is 21.4 Å². The van der Waals surface area contributed by atoms with Gasteiger partial charge in [0.25, 0.3) is 0 Å². The minimum atomic E-state index is -3.83. The van der Waals surface area contributed by atoms with Crippen LogP contribution in [0.15, 0.2) is 28.8 Å². The number of anilines is 1. The Morgan fingerprint density at radius 2 is 1.96 bits per heavy atom. The fourth-order valence-electron chi connectivity index (χ4n) is 2.06. The van der Waals surface area contributed by atoms with Gasteiger partial charge in [-0.2, -0.15) is 4.98 Å². The second-order valence-electron chi connectivity index (χ2n) is 6.90. The molecule has 8 nitrogen and oxygen atoms in total. The van der Waals surface area contributed by atoms with E-state index in [4.69, 9.17) is 9.26 Å². The highest BCUT2D eigenvalue weighted by Crippen LogP contribution is 2.24. The molecule has 0 bridgehead atoms. The summed E-state index contributed by atoms with van der Waals surface area (Å²) in [5.74, 6) is -0.348. The molecule has 1 aromatic carbocycles. The fraction of sp³-hybridized carbons (Fsp3) is 0.471. The number of methoxy groups -OCH3 is 1. The molecule has 0 radical (unpaired) electrons. The van der Waals surface area contributed by atoms with Crippen LogP contribution in [-0.4, -0.2) is 36.8 Å². The average Bonchev–Trinajstić information content (AvgIpc) is 3.02. The summed E-state index contributed by atoms with van der Waals surface area (Å²) in [7, 11) is -2.37. The zero-order chi connectivity index (χ0) is 19.5. The zero-order valence-electron chi connectivity index (χ0n) is 15.4. The summed E-state index contributed by atoms with van der Waals surface area (Å²) >= 11 is 0. The molecule has 0 aliphatic rings. The highest BCUT2D eigenvalue weighted by molar-refractivity contribution is 7.92. The lowest BCUT2D eigenvalue weighted by Gasteiger charge is -2.14. The van der Waals surface area contributed by atoms with Crippen molar-refractivity contribution < 1.29 is 22.5 Å².